The molecular weight excluding hydrogens is 423 g/mol. The third-order valence-corrected chi connectivity index (χ3v) is 7.04. The summed E-state index contributed by atoms with van der Waals surface area (Å²) in [5.41, 5.74) is 2.97. The summed E-state index contributed by atoms with van der Waals surface area (Å²) in [5, 5.41) is 0.559. The molecule has 0 unspecified atom stereocenters. The molecule has 150 valence electrons. The maximum atomic E-state index is 13.9. The van der Waals surface area contributed by atoms with Gasteiger partial charge in [-0.05, 0) is 48.0 Å². The minimum atomic E-state index is -1.17. The highest BCUT2D eigenvalue weighted by atomic mass is 35.5. The second-order valence-corrected chi connectivity index (χ2v) is 8.78. The lowest BCUT2D eigenvalue weighted by Gasteiger charge is -2.33. The van der Waals surface area contributed by atoms with Gasteiger partial charge in [-0.2, -0.15) is 0 Å². The minimum absolute atomic E-state index is 0.130. The molecule has 2 heterocycles. The number of thioether (sulfide) groups is 1. The van der Waals surface area contributed by atoms with Crippen LogP contribution in [0.15, 0.2) is 72.8 Å². The van der Waals surface area contributed by atoms with Crippen molar-refractivity contribution in [3.05, 3.63) is 94.8 Å². The molecule has 3 aromatic rings. The molecule has 0 saturated carbocycles. The van der Waals surface area contributed by atoms with Crippen LogP contribution >= 0.6 is 23.4 Å². The quantitative estimate of drug-likeness (QED) is 0.580. The fourth-order valence-electron chi connectivity index (χ4n) is 4.07. The van der Waals surface area contributed by atoms with Crippen LogP contribution in [0.1, 0.15) is 11.1 Å². The number of hydrogen-bond donors (Lipinski definition) is 0. The number of fused-ring (bicyclic) bond motifs is 2. The van der Waals surface area contributed by atoms with E-state index in [2.05, 4.69) is 0 Å². The fourth-order valence-corrected chi connectivity index (χ4v) is 5.56. The van der Waals surface area contributed by atoms with E-state index in [9.17, 15) is 14.0 Å². The molecule has 1 atom stereocenters. The molecule has 30 heavy (non-hydrogen) atoms. The van der Waals surface area contributed by atoms with Crippen LogP contribution in [0.5, 0.6) is 0 Å². The van der Waals surface area contributed by atoms with Gasteiger partial charge >= 0.3 is 0 Å². The summed E-state index contributed by atoms with van der Waals surface area (Å²) in [6.07, 6.45) is 0. The first-order valence-electron chi connectivity index (χ1n) is 9.39. The molecule has 7 heteroatoms. The van der Waals surface area contributed by atoms with Crippen LogP contribution in [-0.4, -0.2) is 17.6 Å². The molecular formula is C23H16ClFN2O2S. The summed E-state index contributed by atoms with van der Waals surface area (Å²) in [6, 6.07) is 20.6. The molecule has 0 radical (unpaired) electrons. The van der Waals surface area contributed by atoms with Crippen molar-refractivity contribution in [2.75, 3.05) is 15.6 Å². The Balaban J connectivity index is 1.62. The topological polar surface area (TPSA) is 40.6 Å². The Labute approximate surface area is 182 Å². The molecule has 2 aliphatic heterocycles. The first-order valence-corrected chi connectivity index (χ1v) is 10.8. The van der Waals surface area contributed by atoms with Gasteiger partial charge < -0.3 is 4.90 Å². The van der Waals surface area contributed by atoms with Crippen molar-refractivity contribution in [2.45, 2.75) is 11.4 Å². The van der Waals surface area contributed by atoms with Crippen molar-refractivity contribution in [2.24, 2.45) is 0 Å². The van der Waals surface area contributed by atoms with Gasteiger partial charge in [-0.3, -0.25) is 14.5 Å². The minimum Gasteiger partial charge on any atom is -0.304 e. The molecule has 0 aromatic heterocycles. The predicted molar refractivity (Wildman–Crippen MR) is 117 cm³/mol. The van der Waals surface area contributed by atoms with Gasteiger partial charge in [-0.25, -0.2) is 4.39 Å². The molecule has 4 nitrogen and oxygen atoms in total. The monoisotopic (exact) mass is 438 g/mol. The molecule has 1 saturated heterocycles. The Morgan fingerprint density at radius 1 is 0.967 bits per heavy atom. The van der Waals surface area contributed by atoms with Crippen LogP contribution in [0, 0.1) is 5.82 Å². The van der Waals surface area contributed by atoms with Crippen molar-refractivity contribution < 1.29 is 14.0 Å². The van der Waals surface area contributed by atoms with Gasteiger partial charge in [0.05, 0.1) is 18.0 Å². The maximum absolute atomic E-state index is 13.9. The number of nitrogens with zero attached hydrogens (tertiary/aromatic N) is 2. The standard InChI is InChI=1S/C23H16ClFN2O2S/c24-16-7-11-18(12-8-16)27-21(28)14-30-23(27)19-3-1-2-4-20(19)26(22(23)29)13-15-5-9-17(25)10-6-15/h1-12H,13-14H2/t23-/m1/s1. The summed E-state index contributed by atoms with van der Waals surface area (Å²) in [4.78, 5) is 28.9. The zero-order chi connectivity index (χ0) is 20.9. The van der Waals surface area contributed by atoms with Crippen molar-refractivity contribution in [1.29, 1.82) is 0 Å². The van der Waals surface area contributed by atoms with Crippen molar-refractivity contribution in [1.82, 2.24) is 0 Å². The first kappa shape index (κ1) is 19.2. The highest BCUT2D eigenvalue weighted by Gasteiger charge is 2.60. The number of hydrogen-bond acceptors (Lipinski definition) is 3. The van der Waals surface area contributed by atoms with Gasteiger partial charge in [0, 0.05) is 16.3 Å². The summed E-state index contributed by atoms with van der Waals surface area (Å²) in [7, 11) is 0. The molecule has 3 aromatic carbocycles. The second kappa shape index (κ2) is 7.15. The molecule has 2 amide bonds. The number of rotatable bonds is 3. The average Bonchev–Trinajstić information content (AvgIpc) is 3.22. The van der Waals surface area contributed by atoms with E-state index in [4.69, 9.17) is 11.6 Å². The van der Waals surface area contributed by atoms with E-state index in [1.165, 1.54) is 23.9 Å². The van der Waals surface area contributed by atoms with Gasteiger partial charge in [0.1, 0.15) is 5.82 Å². The number of amides is 2. The van der Waals surface area contributed by atoms with Gasteiger partial charge in [0.25, 0.3) is 5.91 Å². The summed E-state index contributed by atoms with van der Waals surface area (Å²) < 4.78 is 13.3. The van der Waals surface area contributed by atoms with Gasteiger partial charge in [0.15, 0.2) is 0 Å². The lowest BCUT2D eigenvalue weighted by atomic mass is 10.0. The molecule has 1 fully saturated rings. The Bertz CT molecular complexity index is 1150. The van der Waals surface area contributed by atoms with E-state index in [0.717, 1.165) is 16.8 Å². The smallest absolute Gasteiger partial charge is 0.269 e. The third-order valence-electron chi connectivity index (χ3n) is 5.40. The molecule has 2 aliphatic rings. The Morgan fingerprint density at radius 3 is 2.40 bits per heavy atom. The van der Waals surface area contributed by atoms with E-state index in [1.54, 1.807) is 46.2 Å². The Morgan fingerprint density at radius 2 is 1.67 bits per heavy atom. The SMILES string of the molecule is O=C1CS[C@]2(C(=O)N(Cc3ccc(F)cc3)c3ccccc32)N1c1ccc(Cl)cc1. The van der Waals surface area contributed by atoms with Crippen LogP contribution in [0.25, 0.3) is 0 Å². The number of carbonyl (C=O) groups excluding carboxylic acids is 2. The Kier molecular flexibility index (Phi) is 4.56. The van der Waals surface area contributed by atoms with Crippen LogP contribution in [0.4, 0.5) is 15.8 Å². The molecule has 5 rings (SSSR count). The summed E-state index contributed by atoms with van der Waals surface area (Å²) in [5.74, 6) is -0.435. The lowest BCUT2D eigenvalue weighted by molar-refractivity contribution is -0.123. The number of benzene rings is 3. The van der Waals surface area contributed by atoms with Gasteiger partial charge in [-0.1, -0.05) is 41.9 Å². The second-order valence-electron chi connectivity index (χ2n) is 7.17. The average molecular weight is 439 g/mol. The van der Waals surface area contributed by atoms with Crippen molar-refractivity contribution in [3.8, 4) is 0 Å². The highest BCUT2D eigenvalue weighted by Crippen LogP contribution is 2.55. The van der Waals surface area contributed by atoms with E-state index in [1.807, 2.05) is 24.3 Å². The van der Waals surface area contributed by atoms with Crippen molar-refractivity contribution in [3.63, 3.8) is 0 Å². The lowest BCUT2D eigenvalue weighted by Crippen LogP contribution is -2.49. The first-order chi connectivity index (χ1) is 14.5. The van der Waals surface area contributed by atoms with Crippen LogP contribution in [-0.2, 0) is 21.0 Å². The normalized spacial score (nSPS) is 20.3. The Hall–Kier alpha value is -2.83. The number of carbonyl (C=O) groups is 2. The van der Waals surface area contributed by atoms with Gasteiger partial charge in [0.2, 0.25) is 10.8 Å². The molecule has 0 N–H and O–H groups in total. The summed E-state index contributed by atoms with van der Waals surface area (Å²) in [6.45, 7) is 0.293. The predicted octanol–water partition coefficient (Wildman–Crippen LogP) is 4.96. The van der Waals surface area contributed by atoms with Crippen LogP contribution in [0.2, 0.25) is 5.02 Å². The van der Waals surface area contributed by atoms with Gasteiger partial charge in [-0.15, -0.1) is 11.8 Å². The van der Waals surface area contributed by atoms with Crippen LogP contribution in [0.3, 0.4) is 0 Å². The van der Waals surface area contributed by atoms with Crippen LogP contribution < -0.4 is 9.80 Å². The number of anilines is 2. The summed E-state index contributed by atoms with van der Waals surface area (Å²) >= 11 is 7.36. The third kappa shape index (κ3) is 2.82. The van der Waals surface area contributed by atoms with E-state index in [0.29, 0.717) is 17.3 Å². The van der Waals surface area contributed by atoms with E-state index < -0.39 is 4.87 Å². The van der Waals surface area contributed by atoms with E-state index >= 15 is 0 Å². The number of para-hydroxylation sites is 1. The zero-order valence-electron chi connectivity index (χ0n) is 15.7. The zero-order valence-corrected chi connectivity index (χ0v) is 17.3. The molecule has 0 bridgehead atoms. The number of halogens is 2. The molecule has 0 aliphatic carbocycles. The fraction of sp³-hybridized carbons (Fsp3) is 0.130. The molecule has 1 spiro atoms. The largest absolute Gasteiger partial charge is 0.304 e. The van der Waals surface area contributed by atoms with Crippen molar-refractivity contribution >= 4 is 46.6 Å². The highest BCUT2D eigenvalue weighted by molar-refractivity contribution is 8.02. The van der Waals surface area contributed by atoms with E-state index in [-0.39, 0.29) is 23.4 Å². The maximum Gasteiger partial charge on any atom is 0.269 e.